The number of nitriles is 1. The van der Waals surface area contributed by atoms with Gasteiger partial charge in [0.2, 0.25) is 15.9 Å². The zero-order chi connectivity index (χ0) is 19.9. The summed E-state index contributed by atoms with van der Waals surface area (Å²) in [5.74, 6) is -0.865. The van der Waals surface area contributed by atoms with Gasteiger partial charge in [-0.05, 0) is 36.9 Å². The van der Waals surface area contributed by atoms with Gasteiger partial charge in [-0.3, -0.25) is 9.78 Å². The second kappa shape index (κ2) is 8.08. The highest BCUT2D eigenvalue weighted by molar-refractivity contribution is 7.89. The van der Waals surface area contributed by atoms with E-state index in [9.17, 15) is 13.2 Å². The molecule has 1 aromatic carbocycles. The van der Waals surface area contributed by atoms with Crippen molar-refractivity contribution in [1.82, 2.24) is 14.2 Å². The van der Waals surface area contributed by atoms with E-state index in [0.717, 1.165) is 5.56 Å². The molecule has 1 amide bonds. The molecule has 2 aromatic rings. The molecule has 10 heteroatoms. The smallest absolute Gasteiger partial charge is 0.244 e. The van der Waals surface area contributed by atoms with Crippen molar-refractivity contribution >= 4 is 34.0 Å². The van der Waals surface area contributed by atoms with Gasteiger partial charge < -0.3 is 10.2 Å². The normalized spacial score (nSPS) is 19.7. The van der Waals surface area contributed by atoms with Crippen molar-refractivity contribution in [3.63, 3.8) is 0 Å². The Morgan fingerprint density at radius 1 is 1.17 bits per heavy atom. The van der Waals surface area contributed by atoms with E-state index in [2.05, 4.69) is 15.2 Å². The molecule has 1 atom stereocenters. The predicted molar refractivity (Wildman–Crippen MR) is 109 cm³/mol. The molecule has 0 aliphatic carbocycles. The third-order valence-corrected chi connectivity index (χ3v) is 7.05. The van der Waals surface area contributed by atoms with Crippen molar-refractivity contribution in [2.24, 2.45) is 0 Å². The number of hydrogen-bond acceptors (Lipinski definition) is 6. The Hall–Kier alpha value is -2.51. The number of piperazine rings is 1. The summed E-state index contributed by atoms with van der Waals surface area (Å²) in [6, 6.07) is 10.1. The molecule has 1 fully saturated rings. The second-order valence-corrected chi connectivity index (χ2v) is 8.90. The maximum atomic E-state index is 12.8. The fourth-order valence-corrected chi connectivity index (χ4v) is 4.89. The molecule has 2 aliphatic heterocycles. The summed E-state index contributed by atoms with van der Waals surface area (Å²) >= 11 is 0. The third-order valence-electron chi connectivity index (χ3n) is 5.17. The van der Waals surface area contributed by atoms with Crippen LogP contribution in [0.15, 0.2) is 41.4 Å². The van der Waals surface area contributed by atoms with Crippen LogP contribution in [0.4, 0.5) is 5.69 Å². The lowest BCUT2D eigenvalue weighted by molar-refractivity contribution is -0.116. The zero-order valence-corrected chi connectivity index (χ0v) is 17.3. The Kier molecular flexibility index (Phi) is 5.91. The molecule has 1 aromatic heterocycles. The van der Waals surface area contributed by atoms with Crippen molar-refractivity contribution in [1.29, 1.82) is 5.26 Å². The van der Waals surface area contributed by atoms with Crippen LogP contribution < -0.4 is 5.32 Å². The van der Waals surface area contributed by atoms with Crippen LogP contribution in [0.1, 0.15) is 22.7 Å². The Balaban J connectivity index is 0.00000240. The molecule has 4 rings (SSSR count). The minimum absolute atomic E-state index is 0. The predicted octanol–water partition coefficient (Wildman–Crippen LogP) is 1.40. The number of amides is 1. The molecule has 0 bridgehead atoms. The molecule has 2 aliphatic rings. The lowest BCUT2D eigenvalue weighted by Crippen LogP contribution is -2.47. The van der Waals surface area contributed by atoms with E-state index >= 15 is 0 Å². The van der Waals surface area contributed by atoms with Crippen LogP contribution in [0, 0.1) is 11.3 Å². The van der Waals surface area contributed by atoms with Crippen LogP contribution >= 0.6 is 12.4 Å². The Morgan fingerprint density at radius 2 is 1.90 bits per heavy atom. The van der Waals surface area contributed by atoms with Crippen LogP contribution in [0.25, 0.3) is 0 Å². The number of nitrogens with zero attached hydrogens (tertiary/aromatic N) is 4. The van der Waals surface area contributed by atoms with Crippen molar-refractivity contribution in [3.8, 4) is 6.07 Å². The largest absolute Gasteiger partial charge is 0.325 e. The van der Waals surface area contributed by atoms with Crippen molar-refractivity contribution in [3.05, 3.63) is 53.3 Å². The van der Waals surface area contributed by atoms with Crippen LogP contribution in [-0.2, 0) is 14.8 Å². The minimum Gasteiger partial charge on any atom is -0.325 e. The van der Waals surface area contributed by atoms with Gasteiger partial charge in [-0.15, -0.1) is 12.4 Å². The summed E-state index contributed by atoms with van der Waals surface area (Å²) in [4.78, 5) is 18.9. The molecule has 3 heterocycles. The number of likely N-dealkylation sites (N-methyl/N-ethyl adjacent to an activating group) is 1. The summed E-state index contributed by atoms with van der Waals surface area (Å²) in [5.41, 5.74) is 2.25. The van der Waals surface area contributed by atoms with Crippen LogP contribution in [-0.4, -0.2) is 61.7 Å². The Bertz CT molecular complexity index is 1070. The summed E-state index contributed by atoms with van der Waals surface area (Å²) in [5, 5.41) is 11.8. The molecule has 1 saturated heterocycles. The maximum absolute atomic E-state index is 12.8. The van der Waals surface area contributed by atoms with Gasteiger partial charge >= 0.3 is 0 Å². The number of rotatable bonds is 3. The van der Waals surface area contributed by atoms with Gasteiger partial charge in [-0.1, -0.05) is 6.07 Å². The van der Waals surface area contributed by atoms with Crippen LogP contribution in [0.3, 0.4) is 0 Å². The van der Waals surface area contributed by atoms with E-state index in [1.54, 1.807) is 24.3 Å². The van der Waals surface area contributed by atoms with Crippen molar-refractivity contribution < 1.29 is 13.2 Å². The molecule has 29 heavy (non-hydrogen) atoms. The number of pyridine rings is 1. The number of carbonyl (C=O) groups is 1. The van der Waals surface area contributed by atoms with Crippen LogP contribution in [0.2, 0.25) is 0 Å². The van der Waals surface area contributed by atoms with Gasteiger partial charge in [0, 0.05) is 38.1 Å². The lowest BCUT2D eigenvalue weighted by Gasteiger charge is -2.31. The number of hydrogen-bond donors (Lipinski definition) is 1. The zero-order valence-electron chi connectivity index (χ0n) is 15.7. The van der Waals surface area contributed by atoms with Gasteiger partial charge in [0.25, 0.3) is 0 Å². The SMILES string of the molecule is CN1CCN(S(=O)(=O)c2ccc(C3C(=O)Nc4cc(C#N)ccc43)nc2)CC1.Cl. The van der Waals surface area contributed by atoms with Crippen molar-refractivity contribution in [2.75, 3.05) is 38.5 Å². The Labute approximate surface area is 175 Å². The minimum atomic E-state index is -3.60. The fraction of sp³-hybridized carbons (Fsp3) is 0.316. The summed E-state index contributed by atoms with van der Waals surface area (Å²) in [6.07, 6.45) is 1.32. The molecule has 0 spiro atoms. The van der Waals surface area contributed by atoms with E-state index in [0.29, 0.717) is 43.1 Å². The number of nitrogens with one attached hydrogen (secondary N) is 1. The number of halogens is 1. The highest BCUT2D eigenvalue weighted by atomic mass is 35.5. The fourth-order valence-electron chi connectivity index (χ4n) is 3.52. The highest BCUT2D eigenvalue weighted by Crippen LogP contribution is 2.37. The van der Waals surface area contributed by atoms with E-state index in [1.807, 2.05) is 13.1 Å². The number of sulfonamides is 1. The monoisotopic (exact) mass is 433 g/mol. The Morgan fingerprint density at radius 3 is 2.52 bits per heavy atom. The molecule has 8 nitrogen and oxygen atoms in total. The maximum Gasteiger partial charge on any atom is 0.244 e. The first-order chi connectivity index (χ1) is 13.4. The van der Waals surface area contributed by atoms with E-state index in [1.165, 1.54) is 16.6 Å². The second-order valence-electron chi connectivity index (χ2n) is 6.96. The molecule has 152 valence electrons. The first kappa shape index (κ1) is 21.2. The van der Waals surface area contributed by atoms with Gasteiger partial charge in [0.05, 0.1) is 17.3 Å². The molecular formula is C19H20ClN5O3S. The quantitative estimate of drug-likeness (QED) is 0.784. The highest BCUT2D eigenvalue weighted by Gasteiger charge is 2.34. The number of anilines is 1. The first-order valence-corrected chi connectivity index (χ1v) is 10.3. The van der Waals surface area contributed by atoms with Gasteiger partial charge in [0.15, 0.2) is 0 Å². The topological polar surface area (TPSA) is 106 Å². The van der Waals surface area contributed by atoms with E-state index in [4.69, 9.17) is 5.26 Å². The standard InChI is InChI=1S/C19H19N5O3S.ClH/c1-23-6-8-24(9-7-23)28(26,27)14-3-5-16(21-12-14)18-15-4-2-13(11-20)10-17(15)22-19(18)25;/h2-5,10,12,18H,6-9H2,1H3,(H,22,25);1H. The first-order valence-electron chi connectivity index (χ1n) is 8.90. The number of aromatic nitrogens is 1. The third kappa shape index (κ3) is 3.84. The molecule has 1 unspecified atom stereocenters. The average molecular weight is 434 g/mol. The molecular weight excluding hydrogens is 414 g/mol. The van der Waals surface area contributed by atoms with Gasteiger partial charge in [-0.2, -0.15) is 9.57 Å². The van der Waals surface area contributed by atoms with E-state index in [-0.39, 0.29) is 23.2 Å². The lowest BCUT2D eigenvalue weighted by atomic mass is 9.96. The van der Waals surface area contributed by atoms with Crippen LogP contribution in [0.5, 0.6) is 0 Å². The summed E-state index contributed by atoms with van der Waals surface area (Å²) in [7, 11) is -1.64. The number of fused-ring (bicyclic) bond motifs is 1. The van der Waals surface area contributed by atoms with Gasteiger partial charge in [0.1, 0.15) is 10.8 Å². The summed E-state index contributed by atoms with van der Waals surface area (Å²) < 4.78 is 27.1. The molecule has 0 radical (unpaired) electrons. The van der Waals surface area contributed by atoms with Gasteiger partial charge in [-0.25, -0.2) is 8.42 Å². The van der Waals surface area contributed by atoms with E-state index < -0.39 is 15.9 Å². The molecule has 0 saturated carbocycles. The van der Waals surface area contributed by atoms with Crippen molar-refractivity contribution in [2.45, 2.75) is 10.8 Å². The summed E-state index contributed by atoms with van der Waals surface area (Å²) in [6.45, 7) is 2.27. The number of benzene rings is 1. The average Bonchev–Trinajstić information content (AvgIpc) is 3.03. The number of carbonyl (C=O) groups excluding carboxylic acids is 1. The molecule has 1 N–H and O–H groups in total.